The molecule has 0 aliphatic carbocycles. The number of hydrogen-bond donors (Lipinski definition) is 2. The number of aryl methyl sites for hydroxylation is 1. The molecule has 0 aliphatic heterocycles. The summed E-state index contributed by atoms with van der Waals surface area (Å²) in [6.07, 6.45) is 0. The second kappa shape index (κ2) is 7.72. The van der Waals surface area contributed by atoms with Crippen molar-refractivity contribution >= 4 is 50.6 Å². The van der Waals surface area contributed by atoms with Crippen LogP contribution in [-0.4, -0.2) is 27.7 Å². The van der Waals surface area contributed by atoms with Crippen molar-refractivity contribution in [2.45, 2.75) is 32.6 Å². The highest BCUT2D eigenvalue weighted by molar-refractivity contribution is 7.99. The summed E-state index contributed by atoms with van der Waals surface area (Å²) < 4.78 is 0. The molecule has 3 heterocycles. The molecule has 0 fully saturated rings. The maximum Gasteiger partial charge on any atom is 0.260 e. The lowest BCUT2D eigenvalue weighted by molar-refractivity contribution is -0.119. The maximum atomic E-state index is 12.5. The number of aromatic amines is 1. The highest BCUT2D eigenvalue weighted by Crippen LogP contribution is 2.35. The zero-order chi connectivity index (χ0) is 18.0. The number of aromatic nitrogens is 2. The van der Waals surface area contributed by atoms with Crippen LogP contribution in [0.5, 0.6) is 0 Å². The third kappa shape index (κ3) is 4.31. The molecule has 0 aliphatic rings. The second-order valence-electron chi connectivity index (χ2n) is 5.97. The van der Waals surface area contributed by atoms with E-state index in [2.05, 4.69) is 28.3 Å². The molecule has 132 valence electrons. The molecule has 1 amide bonds. The van der Waals surface area contributed by atoms with Crippen LogP contribution in [0.15, 0.2) is 22.3 Å². The van der Waals surface area contributed by atoms with E-state index >= 15 is 0 Å². The van der Waals surface area contributed by atoms with E-state index in [1.54, 1.807) is 11.3 Å². The molecule has 0 bridgehead atoms. The monoisotopic (exact) mass is 393 g/mol. The fourth-order valence-corrected chi connectivity index (χ4v) is 5.05. The molecule has 25 heavy (non-hydrogen) atoms. The van der Waals surface area contributed by atoms with Crippen LogP contribution in [0.2, 0.25) is 0 Å². The molecule has 2 N–H and O–H groups in total. The first kappa shape index (κ1) is 18.2. The molecule has 0 atom stereocenters. The van der Waals surface area contributed by atoms with Gasteiger partial charge < -0.3 is 10.3 Å². The van der Waals surface area contributed by atoms with E-state index < -0.39 is 0 Å². The van der Waals surface area contributed by atoms with Crippen molar-refractivity contribution in [1.29, 1.82) is 0 Å². The van der Waals surface area contributed by atoms with Gasteiger partial charge in [0.25, 0.3) is 5.56 Å². The predicted molar refractivity (Wildman–Crippen MR) is 108 cm³/mol. The maximum absolute atomic E-state index is 12.5. The number of fused-ring (bicyclic) bond motifs is 1. The second-order valence-corrected chi connectivity index (χ2v) is 9.10. The first-order valence-electron chi connectivity index (χ1n) is 7.88. The van der Waals surface area contributed by atoms with Gasteiger partial charge in [0.1, 0.15) is 10.7 Å². The standard InChI is InChI=1S/C17H19N3O2S3/c1-9(2)18-14(21)8-23-7-13-19-16(22)15-11(6-24-17(15)20-13)12-5-4-10(3)25-12/h4-6,9H,7-8H2,1-3H3,(H,18,21)(H,19,20,22). The zero-order valence-corrected chi connectivity index (χ0v) is 16.7. The van der Waals surface area contributed by atoms with Gasteiger partial charge in [0, 0.05) is 26.7 Å². The van der Waals surface area contributed by atoms with Gasteiger partial charge in [0.15, 0.2) is 0 Å². The predicted octanol–water partition coefficient (Wildman–Crippen LogP) is 3.78. The summed E-state index contributed by atoms with van der Waals surface area (Å²) in [6.45, 7) is 5.91. The molecule has 0 unspecified atom stereocenters. The summed E-state index contributed by atoms with van der Waals surface area (Å²) in [5.74, 6) is 1.46. The quantitative estimate of drug-likeness (QED) is 0.668. The zero-order valence-electron chi connectivity index (χ0n) is 14.2. The fourth-order valence-electron chi connectivity index (χ4n) is 2.43. The number of carbonyl (C=O) groups excluding carboxylic acids is 1. The van der Waals surface area contributed by atoms with Gasteiger partial charge in [-0.25, -0.2) is 4.98 Å². The highest BCUT2D eigenvalue weighted by atomic mass is 32.2. The Hall–Kier alpha value is -1.64. The van der Waals surface area contributed by atoms with E-state index in [0.717, 1.165) is 15.3 Å². The molecule has 0 spiro atoms. The van der Waals surface area contributed by atoms with Crippen LogP contribution < -0.4 is 10.9 Å². The van der Waals surface area contributed by atoms with Gasteiger partial charge >= 0.3 is 0 Å². The Balaban J connectivity index is 1.77. The van der Waals surface area contributed by atoms with Crippen LogP contribution in [0.1, 0.15) is 24.5 Å². The van der Waals surface area contributed by atoms with Crippen molar-refractivity contribution < 1.29 is 4.79 Å². The SMILES string of the molecule is Cc1ccc(-c2csc3nc(CSCC(=O)NC(C)C)[nH]c(=O)c23)s1. The van der Waals surface area contributed by atoms with E-state index in [1.807, 2.05) is 25.3 Å². The molecule has 3 aromatic heterocycles. The first-order valence-corrected chi connectivity index (χ1v) is 10.7. The van der Waals surface area contributed by atoms with Crippen LogP contribution in [0.4, 0.5) is 0 Å². The Labute approximate surface area is 157 Å². The molecular formula is C17H19N3O2S3. The van der Waals surface area contributed by atoms with Crippen LogP contribution in [0.25, 0.3) is 20.7 Å². The third-order valence-corrected chi connectivity index (χ3v) is 6.27. The Morgan fingerprint density at radius 2 is 2.20 bits per heavy atom. The largest absolute Gasteiger partial charge is 0.353 e. The van der Waals surface area contributed by atoms with Crippen LogP contribution in [-0.2, 0) is 10.5 Å². The minimum absolute atomic E-state index is 0.00472. The topological polar surface area (TPSA) is 74.8 Å². The Morgan fingerprint density at radius 1 is 1.40 bits per heavy atom. The number of thioether (sulfide) groups is 1. The summed E-state index contributed by atoms with van der Waals surface area (Å²) in [5.41, 5.74) is 0.830. The van der Waals surface area contributed by atoms with E-state index in [9.17, 15) is 9.59 Å². The number of amides is 1. The summed E-state index contributed by atoms with van der Waals surface area (Å²) in [7, 11) is 0. The number of hydrogen-bond acceptors (Lipinski definition) is 6. The number of nitrogens with zero attached hydrogens (tertiary/aromatic N) is 1. The van der Waals surface area contributed by atoms with E-state index in [4.69, 9.17) is 0 Å². The lowest BCUT2D eigenvalue weighted by Crippen LogP contribution is -2.31. The molecule has 0 saturated heterocycles. The van der Waals surface area contributed by atoms with Crippen LogP contribution >= 0.6 is 34.4 Å². The highest BCUT2D eigenvalue weighted by Gasteiger charge is 2.14. The molecular weight excluding hydrogens is 374 g/mol. The van der Waals surface area contributed by atoms with Gasteiger partial charge in [0.2, 0.25) is 5.91 Å². The molecule has 8 heteroatoms. The lowest BCUT2D eigenvalue weighted by Gasteiger charge is -2.07. The molecule has 0 aromatic carbocycles. The lowest BCUT2D eigenvalue weighted by atomic mass is 10.2. The Bertz CT molecular complexity index is 956. The third-order valence-electron chi connectivity index (χ3n) is 3.42. The number of rotatable bonds is 6. The van der Waals surface area contributed by atoms with Crippen molar-refractivity contribution in [2.75, 3.05) is 5.75 Å². The molecule has 0 radical (unpaired) electrons. The van der Waals surface area contributed by atoms with E-state index in [0.29, 0.717) is 22.7 Å². The minimum Gasteiger partial charge on any atom is -0.353 e. The summed E-state index contributed by atoms with van der Waals surface area (Å²) in [5, 5.41) is 5.49. The van der Waals surface area contributed by atoms with Gasteiger partial charge in [-0.3, -0.25) is 9.59 Å². The van der Waals surface area contributed by atoms with Crippen molar-refractivity contribution in [1.82, 2.24) is 15.3 Å². The number of thiophene rings is 2. The summed E-state index contributed by atoms with van der Waals surface area (Å²) in [4.78, 5) is 34.7. The summed E-state index contributed by atoms with van der Waals surface area (Å²) in [6, 6.07) is 4.23. The van der Waals surface area contributed by atoms with Crippen LogP contribution in [0, 0.1) is 6.92 Å². The van der Waals surface area contributed by atoms with Crippen molar-refractivity contribution in [3.05, 3.63) is 38.6 Å². The first-order chi connectivity index (χ1) is 11.9. The van der Waals surface area contributed by atoms with E-state index in [-0.39, 0.29) is 17.5 Å². The van der Waals surface area contributed by atoms with E-state index in [1.165, 1.54) is 28.0 Å². The smallest absolute Gasteiger partial charge is 0.260 e. The van der Waals surface area contributed by atoms with Crippen molar-refractivity contribution in [2.24, 2.45) is 0 Å². The Kier molecular flexibility index (Phi) is 5.61. The normalized spacial score (nSPS) is 11.4. The van der Waals surface area contributed by atoms with Gasteiger partial charge in [-0.1, -0.05) is 0 Å². The molecule has 0 saturated carbocycles. The summed E-state index contributed by atoms with van der Waals surface area (Å²) >= 11 is 4.60. The minimum atomic E-state index is -0.116. The number of H-pyrrole nitrogens is 1. The number of carbonyl (C=O) groups is 1. The van der Waals surface area contributed by atoms with Crippen molar-refractivity contribution in [3.63, 3.8) is 0 Å². The van der Waals surface area contributed by atoms with Crippen LogP contribution in [0.3, 0.4) is 0 Å². The van der Waals surface area contributed by atoms with Gasteiger partial charge in [-0.2, -0.15) is 0 Å². The average Bonchev–Trinajstić information content (AvgIpc) is 3.12. The van der Waals surface area contributed by atoms with Gasteiger partial charge in [-0.05, 0) is 32.9 Å². The molecule has 5 nitrogen and oxygen atoms in total. The van der Waals surface area contributed by atoms with Gasteiger partial charge in [-0.15, -0.1) is 34.4 Å². The molecule has 3 aromatic rings. The van der Waals surface area contributed by atoms with Crippen molar-refractivity contribution in [3.8, 4) is 10.4 Å². The Morgan fingerprint density at radius 3 is 2.88 bits per heavy atom. The fraction of sp³-hybridized carbons (Fsp3) is 0.353. The average molecular weight is 394 g/mol. The number of nitrogens with one attached hydrogen (secondary N) is 2. The molecule has 3 rings (SSSR count). The van der Waals surface area contributed by atoms with Gasteiger partial charge in [0.05, 0.1) is 16.9 Å².